The predicted molar refractivity (Wildman–Crippen MR) is 77.9 cm³/mol. The molecule has 0 spiro atoms. The number of rotatable bonds is 2. The third-order valence-corrected chi connectivity index (χ3v) is 2.00. The lowest BCUT2D eigenvalue weighted by atomic mass is 10.00. The van der Waals surface area contributed by atoms with E-state index in [0.29, 0.717) is 11.1 Å². The summed E-state index contributed by atoms with van der Waals surface area (Å²) in [4.78, 5) is 11.2. The van der Waals surface area contributed by atoms with E-state index in [1.54, 1.807) is 12.1 Å². The van der Waals surface area contributed by atoms with Crippen LogP contribution < -0.4 is 0 Å². The molecule has 0 aromatic heterocycles. The third kappa shape index (κ3) is 6.85. The molecule has 0 atom stereocenters. The van der Waals surface area contributed by atoms with Gasteiger partial charge in [0.15, 0.2) is 5.78 Å². The Labute approximate surface area is 112 Å². The summed E-state index contributed by atoms with van der Waals surface area (Å²) in [7, 11) is 0. The normalized spacial score (nSPS) is 8.06. The lowest BCUT2D eigenvalue weighted by Crippen LogP contribution is -1.99. The van der Waals surface area contributed by atoms with Gasteiger partial charge in [-0.2, -0.15) is 5.26 Å². The Morgan fingerprint density at radius 3 is 2.06 bits per heavy atom. The highest BCUT2D eigenvalue weighted by atomic mass is 16.1. The van der Waals surface area contributed by atoms with Crippen LogP contribution in [0.2, 0.25) is 0 Å². The minimum absolute atomic E-state index is 0.0222. The molecule has 2 nitrogen and oxygen atoms in total. The molecule has 0 radical (unpaired) electrons. The summed E-state index contributed by atoms with van der Waals surface area (Å²) in [5, 5.41) is 8.65. The lowest BCUT2D eigenvalue weighted by molar-refractivity contribution is 0.101. The Morgan fingerprint density at radius 1 is 1.22 bits per heavy atom. The molecule has 0 aliphatic heterocycles. The van der Waals surface area contributed by atoms with Gasteiger partial charge in [0, 0.05) is 5.56 Å². The van der Waals surface area contributed by atoms with Crippen molar-refractivity contribution in [3.05, 3.63) is 34.9 Å². The van der Waals surface area contributed by atoms with E-state index in [0.717, 1.165) is 12.0 Å². The molecule has 0 heterocycles. The van der Waals surface area contributed by atoms with Crippen LogP contribution >= 0.6 is 0 Å². The maximum absolute atomic E-state index is 11.2. The van der Waals surface area contributed by atoms with E-state index in [1.807, 2.05) is 32.9 Å². The lowest BCUT2D eigenvalue weighted by Gasteiger charge is -2.03. The Hall–Kier alpha value is -1.62. The molecule has 0 aliphatic carbocycles. The van der Waals surface area contributed by atoms with Gasteiger partial charge in [0.05, 0.1) is 11.6 Å². The standard InChI is InChI=1S/C11H11NO.C3H8.C2H6/c1-3-10-5-4-9(7-12)6-11(10)8(2)13;1-3-2;1-2/h4-6H,3H2,1-2H3;3H2,1-2H3;1-2H3. The van der Waals surface area contributed by atoms with Gasteiger partial charge in [0.1, 0.15) is 0 Å². The average Bonchev–Trinajstić information content (AvgIpc) is 2.41. The second-order valence-electron chi connectivity index (χ2n) is 3.60. The van der Waals surface area contributed by atoms with Crippen LogP contribution in [0.3, 0.4) is 0 Å². The van der Waals surface area contributed by atoms with Crippen LogP contribution in [0.1, 0.15) is 69.4 Å². The van der Waals surface area contributed by atoms with E-state index in [9.17, 15) is 4.79 Å². The Bertz CT molecular complexity index is 389. The molecule has 1 aromatic carbocycles. The van der Waals surface area contributed by atoms with Gasteiger partial charge in [0.2, 0.25) is 0 Å². The molecule has 0 fully saturated rings. The van der Waals surface area contributed by atoms with Crippen molar-refractivity contribution in [1.82, 2.24) is 0 Å². The molecule has 0 aliphatic rings. The summed E-state index contributed by atoms with van der Waals surface area (Å²) in [5.41, 5.74) is 2.22. The van der Waals surface area contributed by atoms with Crippen molar-refractivity contribution in [2.75, 3.05) is 0 Å². The summed E-state index contributed by atoms with van der Waals surface area (Å²) in [5.74, 6) is 0.0222. The van der Waals surface area contributed by atoms with Crippen molar-refractivity contribution in [2.24, 2.45) is 0 Å². The van der Waals surface area contributed by atoms with Crippen molar-refractivity contribution in [3.8, 4) is 6.07 Å². The highest BCUT2D eigenvalue weighted by Gasteiger charge is 2.06. The van der Waals surface area contributed by atoms with E-state index in [4.69, 9.17) is 5.26 Å². The van der Waals surface area contributed by atoms with E-state index in [-0.39, 0.29) is 5.78 Å². The fourth-order valence-electron chi connectivity index (χ4n) is 1.28. The number of benzene rings is 1. The highest BCUT2D eigenvalue weighted by molar-refractivity contribution is 5.95. The molecule has 0 N–H and O–H groups in total. The van der Waals surface area contributed by atoms with E-state index in [1.165, 1.54) is 13.3 Å². The van der Waals surface area contributed by atoms with Gasteiger partial charge in [-0.15, -0.1) is 0 Å². The first-order chi connectivity index (χ1) is 8.60. The fourth-order valence-corrected chi connectivity index (χ4v) is 1.28. The maximum Gasteiger partial charge on any atom is 0.160 e. The van der Waals surface area contributed by atoms with Gasteiger partial charge in [-0.25, -0.2) is 0 Å². The van der Waals surface area contributed by atoms with E-state index < -0.39 is 0 Å². The quantitative estimate of drug-likeness (QED) is 0.706. The Kier molecular flexibility index (Phi) is 12.3. The van der Waals surface area contributed by atoms with Crippen LogP contribution in [0.25, 0.3) is 0 Å². The molecule has 1 aromatic rings. The van der Waals surface area contributed by atoms with Gasteiger partial charge in [0.25, 0.3) is 0 Å². The van der Waals surface area contributed by atoms with E-state index >= 15 is 0 Å². The van der Waals surface area contributed by atoms with Gasteiger partial charge >= 0.3 is 0 Å². The Morgan fingerprint density at radius 2 is 1.72 bits per heavy atom. The molecule has 1 rings (SSSR count). The van der Waals surface area contributed by atoms with Crippen LogP contribution in [0.15, 0.2) is 18.2 Å². The number of carbonyl (C=O) groups excluding carboxylic acids is 1. The van der Waals surface area contributed by atoms with E-state index in [2.05, 4.69) is 13.8 Å². The molecule has 0 unspecified atom stereocenters. The predicted octanol–water partition coefficient (Wildman–Crippen LogP) is 4.77. The number of aryl methyl sites for hydroxylation is 1. The fraction of sp³-hybridized carbons (Fsp3) is 0.500. The van der Waals surface area contributed by atoms with Crippen molar-refractivity contribution in [1.29, 1.82) is 5.26 Å². The van der Waals surface area contributed by atoms with Crippen LogP contribution in [-0.4, -0.2) is 5.78 Å². The molecular weight excluding hydrogens is 222 g/mol. The first kappa shape index (κ1) is 18.7. The molecule has 0 saturated carbocycles. The average molecular weight is 247 g/mol. The highest BCUT2D eigenvalue weighted by Crippen LogP contribution is 2.12. The van der Waals surface area contributed by atoms with Crippen LogP contribution in [0.5, 0.6) is 0 Å². The monoisotopic (exact) mass is 247 g/mol. The minimum atomic E-state index is 0.0222. The first-order valence-electron chi connectivity index (χ1n) is 6.64. The van der Waals surface area contributed by atoms with Crippen LogP contribution in [-0.2, 0) is 6.42 Å². The SMILES string of the molecule is CC.CCC.CCc1ccc(C#N)cc1C(C)=O. The van der Waals surface area contributed by atoms with Crippen LogP contribution in [0.4, 0.5) is 0 Å². The zero-order valence-corrected chi connectivity index (χ0v) is 12.5. The van der Waals surface area contributed by atoms with Crippen molar-refractivity contribution < 1.29 is 4.79 Å². The second-order valence-corrected chi connectivity index (χ2v) is 3.60. The Balaban J connectivity index is 0. The number of hydrogen-bond donors (Lipinski definition) is 0. The number of carbonyl (C=O) groups is 1. The molecule has 100 valence electrons. The van der Waals surface area contributed by atoms with Crippen molar-refractivity contribution >= 4 is 5.78 Å². The maximum atomic E-state index is 11.2. The van der Waals surface area contributed by atoms with Gasteiger partial charge in [-0.3, -0.25) is 4.79 Å². The van der Waals surface area contributed by atoms with Gasteiger partial charge in [-0.1, -0.05) is 47.1 Å². The van der Waals surface area contributed by atoms with Gasteiger partial charge < -0.3 is 0 Å². The molecule has 0 bridgehead atoms. The topological polar surface area (TPSA) is 40.9 Å². The number of ketones is 1. The smallest absolute Gasteiger partial charge is 0.160 e. The number of nitrogens with zero attached hydrogens (tertiary/aromatic N) is 1. The zero-order chi connectivity index (χ0) is 14.6. The summed E-state index contributed by atoms with van der Waals surface area (Å²) in [6, 6.07) is 7.26. The molecule has 0 amide bonds. The number of Topliss-reactive ketones (excluding diaryl/α,β-unsaturated/α-hetero) is 1. The minimum Gasteiger partial charge on any atom is -0.295 e. The van der Waals surface area contributed by atoms with Crippen molar-refractivity contribution in [3.63, 3.8) is 0 Å². The summed E-state index contributed by atoms with van der Waals surface area (Å²) >= 11 is 0. The zero-order valence-electron chi connectivity index (χ0n) is 12.5. The summed E-state index contributed by atoms with van der Waals surface area (Å²) in [6.45, 7) is 11.8. The largest absolute Gasteiger partial charge is 0.295 e. The van der Waals surface area contributed by atoms with Gasteiger partial charge in [-0.05, 0) is 31.0 Å². The molecule has 2 heteroatoms. The molecule has 18 heavy (non-hydrogen) atoms. The second kappa shape index (κ2) is 11.9. The summed E-state index contributed by atoms with van der Waals surface area (Å²) < 4.78 is 0. The molecular formula is C16H25NO. The van der Waals surface area contributed by atoms with Crippen LogP contribution in [0, 0.1) is 11.3 Å². The first-order valence-corrected chi connectivity index (χ1v) is 6.64. The number of hydrogen-bond acceptors (Lipinski definition) is 2. The number of nitriles is 1. The third-order valence-electron chi connectivity index (χ3n) is 2.00. The molecule has 0 saturated heterocycles. The summed E-state index contributed by atoms with van der Waals surface area (Å²) in [6.07, 6.45) is 2.07. The van der Waals surface area contributed by atoms with Crippen molar-refractivity contribution in [2.45, 2.75) is 54.4 Å².